The summed E-state index contributed by atoms with van der Waals surface area (Å²) in [6.07, 6.45) is 1.39. The van der Waals surface area contributed by atoms with Gasteiger partial charge in [-0.1, -0.05) is 13.8 Å². The molecule has 0 aliphatic rings. The molecule has 0 aromatic heterocycles. The van der Waals surface area contributed by atoms with E-state index in [4.69, 9.17) is 11.6 Å². The number of alkyl halides is 1. The molecular weight excluding hydrogens is 308 g/mol. The maximum absolute atomic E-state index is 13.5. The van der Waals surface area contributed by atoms with Gasteiger partial charge >= 0.3 is 0 Å². The zero-order chi connectivity index (χ0) is 15.4. The summed E-state index contributed by atoms with van der Waals surface area (Å²) in [5.74, 6) is -1.63. The lowest BCUT2D eigenvalue weighted by molar-refractivity contribution is 0.304. The first-order valence-corrected chi connectivity index (χ1v) is 8.32. The first kappa shape index (κ1) is 17.3. The Morgan fingerprint density at radius 1 is 1.25 bits per heavy atom. The van der Waals surface area contributed by atoms with Gasteiger partial charge in [0, 0.05) is 18.5 Å². The smallest absolute Gasteiger partial charge is 0.210 e. The fourth-order valence-corrected chi connectivity index (χ4v) is 3.44. The third-order valence-corrected chi connectivity index (χ3v) is 5.61. The van der Waals surface area contributed by atoms with Crippen LogP contribution in [0.3, 0.4) is 0 Å². The van der Waals surface area contributed by atoms with Crippen molar-refractivity contribution in [3.05, 3.63) is 29.8 Å². The van der Waals surface area contributed by atoms with E-state index in [0.717, 1.165) is 12.1 Å². The van der Waals surface area contributed by atoms with E-state index in [2.05, 4.69) is 4.72 Å². The van der Waals surface area contributed by atoms with E-state index in [1.807, 2.05) is 13.8 Å². The maximum Gasteiger partial charge on any atom is 0.243 e. The quantitative estimate of drug-likeness (QED) is 0.782. The van der Waals surface area contributed by atoms with Gasteiger partial charge in [-0.2, -0.15) is 0 Å². The van der Waals surface area contributed by atoms with Crippen LogP contribution in [0.2, 0.25) is 0 Å². The predicted octanol–water partition coefficient (Wildman–Crippen LogP) is 3.29. The minimum atomic E-state index is -4.02. The van der Waals surface area contributed by atoms with Crippen LogP contribution in [0.25, 0.3) is 0 Å². The highest BCUT2D eigenvalue weighted by molar-refractivity contribution is 7.89. The number of hydrogen-bond acceptors (Lipinski definition) is 2. The fraction of sp³-hybridized carbons (Fsp3) is 0.538. The van der Waals surface area contributed by atoms with Crippen molar-refractivity contribution in [1.82, 2.24) is 4.72 Å². The number of nitrogens with one attached hydrogen (secondary N) is 1. The molecule has 0 radical (unpaired) electrons. The third kappa shape index (κ3) is 3.90. The average Bonchev–Trinajstić information content (AvgIpc) is 2.40. The lowest BCUT2D eigenvalue weighted by Crippen LogP contribution is -2.38. The molecule has 0 bridgehead atoms. The van der Waals surface area contributed by atoms with Crippen LogP contribution in [0.1, 0.15) is 26.7 Å². The van der Waals surface area contributed by atoms with Crippen molar-refractivity contribution in [2.24, 2.45) is 5.41 Å². The number of benzene rings is 1. The van der Waals surface area contributed by atoms with Gasteiger partial charge < -0.3 is 0 Å². The van der Waals surface area contributed by atoms with E-state index < -0.39 is 26.6 Å². The van der Waals surface area contributed by atoms with E-state index in [0.29, 0.717) is 24.8 Å². The second kappa shape index (κ2) is 6.83. The van der Waals surface area contributed by atoms with E-state index in [9.17, 15) is 17.2 Å². The van der Waals surface area contributed by atoms with Gasteiger partial charge in [0.1, 0.15) is 16.5 Å². The van der Waals surface area contributed by atoms with Gasteiger partial charge in [0.25, 0.3) is 0 Å². The molecule has 0 atom stereocenters. The third-order valence-electron chi connectivity index (χ3n) is 3.60. The van der Waals surface area contributed by atoms with Crippen LogP contribution in [0.4, 0.5) is 8.78 Å². The van der Waals surface area contributed by atoms with Crippen molar-refractivity contribution in [2.45, 2.75) is 31.6 Å². The highest BCUT2D eigenvalue weighted by Gasteiger charge is 2.28. The Balaban J connectivity index is 2.96. The summed E-state index contributed by atoms with van der Waals surface area (Å²) in [7, 11) is -4.02. The molecule has 0 saturated carbocycles. The molecule has 0 aliphatic heterocycles. The molecule has 1 aromatic rings. The van der Waals surface area contributed by atoms with Crippen LogP contribution in [0.5, 0.6) is 0 Å². The topological polar surface area (TPSA) is 46.2 Å². The molecule has 0 unspecified atom stereocenters. The lowest BCUT2D eigenvalue weighted by Gasteiger charge is -2.29. The molecule has 0 spiro atoms. The number of rotatable bonds is 7. The predicted molar refractivity (Wildman–Crippen MR) is 75.3 cm³/mol. The summed E-state index contributed by atoms with van der Waals surface area (Å²) >= 11 is 5.89. The Morgan fingerprint density at radius 2 is 1.85 bits per heavy atom. The molecule has 114 valence electrons. The van der Waals surface area contributed by atoms with Gasteiger partial charge in [0.2, 0.25) is 10.0 Å². The zero-order valence-electron chi connectivity index (χ0n) is 11.4. The molecule has 20 heavy (non-hydrogen) atoms. The van der Waals surface area contributed by atoms with Gasteiger partial charge in [-0.15, -0.1) is 11.6 Å². The van der Waals surface area contributed by atoms with Gasteiger partial charge in [-0.3, -0.25) is 0 Å². The Bertz CT molecular complexity index is 551. The normalized spacial score (nSPS) is 12.7. The van der Waals surface area contributed by atoms with Crippen LogP contribution in [-0.2, 0) is 10.0 Å². The SMILES string of the molecule is CCC(CC)(CCl)CNS(=O)(=O)c1ccc(F)cc1F. The van der Waals surface area contributed by atoms with Gasteiger partial charge in [0.05, 0.1) is 0 Å². The van der Waals surface area contributed by atoms with Crippen LogP contribution in [-0.4, -0.2) is 20.8 Å². The van der Waals surface area contributed by atoms with Gasteiger partial charge in [-0.25, -0.2) is 21.9 Å². The molecule has 0 aliphatic carbocycles. The fourth-order valence-electron chi connectivity index (χ4n) is 1.76. The minimum absolute atomic E-state index is 0.114. The molecule has 3 nitrogen and oxygen atoms in total. The van der Waals surface area contributed by atoms with E-state index >= 15 is 0 Å². The highest BCUT2D eigenvalue weighted by Crippen LogP contribution is 2.27. The van der Waals surface area contributed by atoms with Crippen LogP contribution >= 0.6 is 11.6 Å². The Morgan fingerprint density at radius 3 is 2.30 bits per heavy atom. The molecular formula is C13H18ClF2NO2S. The summed E-state index contributed by atoms with van der Waals surface area (Å²) in [6, 6.07) is 2.36. The first-order chi connectivity index (χ1) is 9.30. The van der Waals surface area contributed by atoms with Crippen LogP contribution < -0.4 is 4.72 Å². The Labute approximate surface area is 123 Å². The summed E-state index contributed by atoms with van der Waals surface area (Å²) in [6.45, 7) is 3.94. The minimum Gasteiger partial charge on any atom is -0.210 e. The van der Waals surface area contributed by atoms with E-state index in [1.54, 1.807) is 0 Å². The first-order valence-electron chi connectivity index (χ1n) is 6.31. The van der Waals surface area contributed by atoms with E-state index in [1.165, 1.54) is 0 Å². The molecule has 1 N–H and O–H groups in total. The number of sulfonamides is 1. The van der Waals surface area contributed by atoms with Crippen LogP contribution in [0, 0.1) is 17.0 Å². The molecule has 0 fully saturated rings. The zero-order valence-corrected chi connectivity index (χ0v) is 13.0. The lowest BCUT2D eigenvalue weighted by atomic mass is 9.85. The van der Waals surface area contributed by atoms with Crippen molar-refractivity contribution in [3.8, 4) is 0 Å². The highest BCUT2D eigenvalue weighted by atomic mass is 35.5. The average molecular weight is 326 g/mol. The monoisotopic (exact) mass is 325 g/mol. The Kier molecular flexibility index (Phi) is 5.91. The Hall–Kier alpha value is -0.720. The van der Waals surface area contributed by atoms with Crippen molar-refractivity contribution >= 4 is 21.6 Å². The second-order valence-corrected chi connectivity index (χ2v) is 6.74. The number of halogens is 3. The summed E-state index contributed by atoms with van der Waals surface area (Å²) in [4.78, 5) is -0.561. The van der Waals surface area contributed by atoms with Crippen molar-refractivity contribution < 1.29 is 17.2 Å². The molecule has 1 rings (SSSR count). The summed E-state index contributed by atoms with van der Waals surface area (Å²) < 4.78 is 52.8. The standard InChI is InChI=1S/C13H18ClF2NO2S/c1-3-13(4-2,8-14)9-17-20(18,19)12-6-5-10(15)7-11(12)16/h5-7,17H,3-4,8-9H2,1-2H3. The summed E-state index contributed by atoms with van der Waals surface area (Å²) in [5, 5.41) is 0. The van der Waals surface area contributed by atoms with Crippen LogP contribution in [0.15, 0.2) is 23.1 Å². The largest absolute Gasteiger partial charge is 0.243 e. The van der Waals surface area contributed by atoms with E-state index in [-0.39, 0.29) is 12.0 Å². The molecule has 1 aromatic carbocycles. The van der Waals surface area contributed by atoms with Crippen molar-refractivity contribution in [3.63, 3.8) is 0 Å². The van der Waals surface area contributed by atoms with Crippen molar-refractivity contribution in [1.29, 1.82) is 0 Å². The second-order valence-electron chi connectivity index (χ2n) is 4.74. The van der Waals surface area contributed by atoms with Gasteiger partial charge in [0.15, 0.2) is 0 Å². The van der Waals surface area contributed by atoms with Crippen molar-refractivity contribution in [2.75, 3.05) is 12.4 Å². The molecule has 0 amide bonds. The maximum atomic E-state index is 13.5. The number of hydrogen-bond donors (Lipinski definition) is 1. The van der Waals surface area contributed by atoms with Gasteiger partial charge in [-0.05, 0) is 30.4 Å². The molecule has 0 saturated heterocycles. The molecule has 7 heteroatoms. The molecule has 0 heterocycles. The summed E-state index contributed by atoms with van der Waals surface area (Å²) in [5.41, 5.74) is -0.370.